The molecule has 130 valence electrons. The molecule has 4 rings (SSSR count). The van der Waals surface area contributed by atoms with Gasteiger partial charge in [-0.2, -0.15) is 0 Å². The Bertz CT molecular complexity index is 602. The van der Waals surface area contributed by atoms with Crippen molar-refractivity contribution in [1.29, 1.82) is 0 Å². The van der Waals surface area contributed by atoms with Gasteiger partial charge in [-0.1, -0.05) is 24.3 Å². The van der Waals surface area contributed by atoms with Crippen molar-refractivity contribution < 1.29 is 9.53 Å². The summed E-state index contributed by atoms with van der Waals surface area (Å²) >= 11 is 0. The van der Waals surface area contributed by atoms with Crippen LogP contribution >= 0.6 is 0 Å². The van der Waals surface area contributed by atoms with Crippen molar-refractivity contribution in [3.8, 4) is 0 Å². The number of ether oxygens (including phenoxy) is 1. The third-order valence-electron chi connectivity index (χ3n) is 5.63. The lowest BCUT2D eigenvalue weighted by Gasteiger charge is -2.35. The maximum absolute atomic E-state index is 12.2. The van der Waals surface area contributed by atoms with E-state index in [1.807, 2.05) is 12.1 Å². The summed E-state index contributed by atoms with van der Waals surface area (Å²) in [6, 6.07) is 8.79. The fourth-order valence-electron chi connectivity index (χ4n) is 3.98. The van der Waals surface area contributed by atoms with Crippen LogP contribution in [-0.2, 0) is 11.3 Å². The maximum Gasteiger partial charge on any atom is 0.315 e. The fraction of sp³-hybridized carbons (Fsp3) is 0.632. The Kier molecular flexibility index (Phi) is 4.46. The van der Waals surface area contributed by atoms with E-state index in [0.29, 0.717) is 18.7 Å². The number of carbonyl (C=O) groups is 1. The van der Waals surface area contributed by atoms with Gasteiger partial charge in [-0.3, -0.25) is 4.90 Å². The summed E-state index contributed by atoms with van der Waals surface area (Å²) in [7, 11) is 0. The van der Waals surface area contributed by atoms with E-state index in [1.54, 1.807) is 0 Å². The highest BCUT2D eigenvalue weighted by Crippen LogP contribution is 2.37. The Morgan fingerprint density at radius 3 is 2.92 bits per heavy atom. The third-order valence-corrected chi connectivity index (χ3v) is 5.63. The first-order valence-electron chi connectivity index (χ1n) is 9.13. The second-order valence-electron chi connectivity index (χ2n) is 7.50. The van der Waals surface area contributed by atoms with Crippen LogP contribution in [0.15, 0.2) is 24.3 Å². The quantitative estimate of drug-likeness (QED) is 0.889. The van der Waals surface area contributed by atoms with E-state index >= 15 is 0 Å². The molecule has 1 saturated carbocycles. The Morgan fingerprint density at radius 2 is 2.12 bits per heavy atom. The molecule has 2 N–H and O–H groups in total. The zero-order valence-corrected chi connectivity index (χ0v) is 14.3. The van der Waals surface area contributed by atoms with Crippen molar-refractivity contribution in [3.63, 3.8) is 0 Å². The second-order valence-corrected chi connectivity index (χ2v) is 7.50. The first-order chi connectivity index (χ1) is 11.7. The summed E-state index contributed by atoms with van der Waals surface area (Å²) in [5.74, 6) is 0.787. The van der Waals surface area contributed by atoms with E-state index in [1.165, 1.54) is 18.4 Å². The predicted octanol–water partition coefficient (Wildman–Crippen LogP) is 2.05. The molecular formula is C19H27N3O2. The van der Waals surface area contributed by atoms with Crippen molar-refractivity contribution in [2.45, 2.75) is 50.9 Å². The Labute approximate surface area is 143 Å². The molecule has 3 atom stereocenters. The van der Waals surface area contributed by atoms with Gasteiger partial charge in [0.05, 0.1) is 12.7 Å². The van der Waals surface area contributed by atoms with E-state index in [2.05, 4.69) is 34.6 Å². The van der Waals surface area contributed by atoms with Crippen LogP contribution in [0.5, 0.6) is 0 Å². The summed E-state index contributed by atoms with van der Waals surface area (Å²) in [5, 5.41) is 6.12. The van der Waals surface area contributed by atoms with Gasteiger partial charge in [0.2, 0.25) is 0 Å². The Hall–Kier alpha value is -1.59. The van der Waals surface area contributed by atoms with Crippen LogP contribution in [0.2, 0.25) is 0 Å². The summed E-state index contributed by atoms with van der Waals surface area (Å²) in [6.45, 7) is 5.46. The first-order valence-corrected chi connectivity index (χ1v) is 9.13. The number of hydrogen-bond acceptors (Lipinski definition) is 3. The minimum absolute atomic E-state index is 0.0669. The maximum atomic E-state index is 12.2. The highest BCUT2D eigenvalue weighted by atomic mass is 16.5. The number of fused-ring (bicyclic) bond motifs is 1. The fourth-order valence-corrected chi connectivity index (χ4v) is 3.98. The van der Waals surface area contributed by atoms with Crippen LogP contribution < -0.4 is 10.6 Å². The largest absolute Gasteiger partial charge is 0.375 e. The highest BCUT2D eigenvalue weighted by Gasteiger charge is 2.42. The molecule has 5 heteroatoms. The molecule has 3 fully saturated rings. The number of nitrogens with zero attached hydrogens (tertiary/aromatic N) is 1. The molecule has 1 aromatic carbocycles. The van der Waals surface area contributed by atoms with Gasteiger partial charge in [0.25, 0.3) is 0 Å². The second kappa shape index (κ2) is 6.73. The predicted molar refractivity (Wildman–Crippen MR) is 92.8 cm³/mol. The van der Waals surface area contributed by atoms with Crippen LogP contribution in [0, 0.1) is 12.8 Å². The smallest absolute Gasteiger partial charge is 0.315 e. The van der Waals surface area contributed by atoms with E-state index in [-0.39, 0.29) is 12.1 Å². The molecule has 5 nitrogen and oxygen atoms in total. The molecule has 24 heavy (non-hydrogen) atoms. The average molecular weight is 329 g/mol. The van der Waals surface area contributed by atoms with Crippen molar-refractivity contribution in [1.82, 2.24) is 15.5 Å². The topological polar surface area (TPSA) is 53.6 Å². The molecule has 0 aromatic heterocycles. The van der Waals surface area contributed by atoms with E-state index in [9.17, 15) is 4.79 Å². The normalized spacial score (nSPS) is 30.0. The van der Waals surface area contributed by atoms with Gasteiger partial charge in [-0.05, 0) is 43.2 Å². The van der Waals surface area contributed by atoms with Gasteiger partial charge < -0.3 is 15.4 Å². The zero-order chi connectivity index (χ0) is 16.5. The number of hydrogen-bond donors (Lipinski definition) is 2. The van der Waals surface area contributed by atoms with Crippen molar-refractivity contribution in [2.75, 3.05) is 19.7 Å². The molecule has 0 bridgehead atoms. The van der Waals surface area contributed by atoms with Gasteiger partial charge in [0.15, 0.2) is 0 Å². The average Bonchev–Trinajstić information content (AvgIpc) is 3.34. The molecule has 0 radical (unpaired) electrons. The number of nitrogens with one attached hydrogen (secondary N) is 2. The summed E-state index contributed by atoms with van der Waals surface area (Å²) in [5.41, 5.74) is 2.37. The molecule has 2 amide bonds. The number of benzene rings is 1. The molecule has 2 aliphatic heterocycles. The summed E-state index contributed by atoms with van der Waals surface area (Å²) in [6.07, 6.45) is 4.07. The lowest BCUT2D eigenvalue weighted by Crippen LogP contribution is -2.47. The van der Waals surface area contributed by atoms with Crippen molar-refractivity contribution in [2.24, 2.45) is 5.92 Å². The summed E-state index contributed by atoms with van der Waals surface area (Å²) in [4.78, 5) is 14.7. The third kappa shape index (κ3) is 3.57. The molecule has 3 aliphatic rings. The lowest BCUT2D eigenvalue weighted by molar-refractivity contribution is -0.0581. The molecule has 1 aromatic rings. The first kappa shape index (κ1) is 15.9. The standard InChI is InChI=1S/C19H27N3O2/c1-13-4-2-3-5-15(13)9-20-19(23)21-16-8-17-12-24-18(14-6-7-14)11-22(17)10-16/h2-5,14,16-18H,6-12H2,1H3,(H2,20,21,23)/t16-,17+,18-/m1/s1. The molecule has 2 heterocycles. The number of aryl methyl sites for hydroxylation is 1. The van der Waals surface area contributed by atoms with Crippen LogP contribution in [-0.4, -0.2) is 48.8 Å². The minimum atomic E-state index is -0.0669. The molecule has 1 aliphatic carbocycles. The molecule has 2 saturated heterocycles. The van der Waals surface area contributed by atoms with Crippen LogP contribution in [0.3, 0.4) is 0 Å². The van der Waals surface area contributed by atoms with Gasteiger partial charge in [0, 0.05) is 31.7 Å². The van der Waals surface area contributed by atoms with E-state index in [0.717, 1.165) is 37.6 Å². The van der Waals surface area contributed by atoms with Crippen LogP contribution in [0.25, 0.3) is 0 Å². The SMILES string of the molecule is Cc1ccccc1CNC(=O)N[C@@H]1C[C@H]2CO[C@@H](C3CC3)CN2C1. The van der Waals surface area contributed by atoms with E-state index in [4.69, 9.17) is 4.74 Å². The van der Waals surface area contributed by atoms with Gasteiger partial charge in [0.1, 0.15) is 0 Å². The van der Waals surface area contributed by atoms with E-state index < -0.39 is 0 Å². The number of morpholine rings is 1. The van der Waals surface area contributed by atoms with Gasteiger partial charge in [-0.15, -0.1) is 0 Å². The Balaban J connectivity index is 1.24. The monoisotopic (exact) mass is 329 g/mol. The van der Waals surface area contributed by atoms with Gasteiger partial charge in [-0.25, -0.2) is 4.79 Å². The van der Waals surface area contributed by atoms with Crippen molar-refractivity contribution >= 4 is 6.03 Å². The Morgan fingerprint density at radius 1 is 1.29 bits per heavy atom. The number of amides is 2. The van der Waals surface area contributed by atoms with Crippen LogP contribution in [0.1, 0.15) is 30.4 Å². The molecule has 0 spiro atoms. The number of carbonyl (C=O) groups excluding carboxylic acids is 1. The van der Waals surface area contributed by atoms with Crippen molar-refractivity contribution in [3.05, 3.63) is 35.4 Å². The molecule has 0 unspecified atom stereocenters. The number of rotatable bonds is 4. The number of urea groups is 1. The van der Waals surface area contributed by atoms with Crippen LogP contribution in [0.4, 0.5) is 4.79 Å². The zero-order valence-electron chi connectivity index (χ0n) is 14.3. The highest BCUT2D eigenvalue weighted by molar-refractivity contribution is 5.74. The summed E-state index contributed by atoms with van der Waals surface area (Å²) < 4.78 is 6.02. The minimum Gasteiger partial charge on any atom is -0.375 e. The van der Waals surface area contributed by atoms with Gasteiger partial charge >= 0.3 is 6.03 Å². The lowest BCUT2D eigenvalue weighted by atomic mass is 10.1. The molecular weight excluding hydrogens is 302 g/mol.